The molecule has 1 aliphatic rings. The van der Waals surface area contributed by atoms with Crippen molar-refractivity contribution in [1.29, 1.82) is 0 Å². The molecular weight excluding hydrogens is 262 g/mol. The van der Waals surface area contributed by atoms with E-state index < -0.39 is 11.6 Å². The number of hydrogen-bond acceptors (Lipinski definition) is 2. The van der Waals surface area contributed by atoms with Crippen LogP contribution < -0.4 is 5.73 Å². The zero-order valence-corrected chi connectivity index (χ0v) is 11.4. The van der Waals surface area contributed by atoms with Crippen LogP contribution in [0.3, 0.4) is 0 Å². The maximum Gasteiger partial charge on any atom is 0.227 e. The Balaban J connectivity index is 2.11. The summed E-state index contributed by atoms with van der Waals surface area (Å²) in [5.74, 6) is -2.02. The van der Waals surface area contributed by atoms with Crippen LogP contribution in [-0.4, -0.2) is 29.9 Å². The quantitative estimate of drug-likeness (QED) is 0.924. The van der Waals surface area contributed by atoms with E-state index in [0.29, 0.717) is 13.1 Å². The highest BCUT2D eigenvalue weighted by Gasteiger charge is 2.25. The summed E-state index contributed by atoms with van der Waals surface area (Å²) in [6.45, 7) is 1.06. The average Bonchev–Trinajstić information content (AvgIpc) is 2.69. The molecule has 1 saturated heterocycles. The average molecular weight is 282 g/mol. The Morgan fingerprint density at radius 2 is 2.10 bits per heavy atom. The topological polar surface area (TPSA) is 46.3 Å². The molecule has 1 heterocycles. The summed E-state index contributed by atoms with van der Waals surface area (Å²) >= 11 is 0. The van der Waals surface area contributed by atoms with Gasteiger partial charge >= 0.3 is 0 Å². The van der Waals surface area contributed by atoms with Crippen molar-refractivity contribution in [3.63, 3.8) is 0 Å². The highest BCUT2D eigenvalue weighted by Crippen LogP contribution is 2.19. The van der Waals surface area contributed by atoms with Crippen LogP contribution in [0.1, 0.15) is 31.2 Å². The van der Waals surface area contributed by atoms with E-state index in [1.807, 2.05) is 0 Å². The van der Waals surface area contributed by atoms with Crippen LogP contribution in [0, 0.1) is 11.6 Å². The first-order chi connectivity index (χ1) is 9.63. The number of halogens is 2. The van der Waals surface area contributed by atoms with E-state index >= 15 is 0 Å². The molecule has 1 aliphatic heterocycles. The van der Waals surface area contributed by atoms with Gasteiger partial charge in [-0.2, -0.15) is 0 Å². The van der Waals surface area contributed by atoms with Gasteiger partial charge in [0.1, 0.15) is 0 Å². The van der Waals surface area contributed by atoms with E-state index in [4.69, 9.17) is 5.73 Å². The highest BCUT2D eigenvalue weighted by molar-refractivity contribution is 5.79. The van der Waals surface area contributed by atoms with Crippen molar-refractivity contribution in [2.24, 2.45) is 5.73 Å². The van der Waals surface area contributed by atoms with Crippen LogP contribution in [0.2, 0.25) is 0 Å². The number of nitrogens with zero attached hydrogens (tertiary/aromatic N) is 1. The fourth-order valence-electron chi connectivity index (χ4n) is 2.70. The van der Waals surface area contributed by atoms with Gasteiger partial charge in [-0.15, -0.1) is 0 Å². The Bertz CT molecular complexity index is 479. The molecule has 20 heavy (non-hydrogen) atoms. The van der Waals surface area contributed by atoms with E-state index in [2.05, 4.69) is 0 Å². The maximum atomic E-state index is 13.6. The minimum absolute atomic E-state index is 0.0154. The predicted molar refractivity (Wildman–Crippen MR) is 73.1 cm³/mol. The fraction of sp³-hybridized carbons (Fsp3) is 0.533. The molecule has 5 heteroatoms. The van der Waals surface area contributed by atoms with Crippen molar-refractivity contribution < 1.29 is 13.6 Å². The minimum Gasteiger partial charge on any atom is -0.338 e. The van der Waals surface area contributed by atoms with Gasteiger partial charge in [-0.05, 0) is 18.9 Å². The van der Waals surface area contributed by atoms with Crippen molar-refractivity contribution in [2.75, 3.05) is 13.1 Å². The van der Waals surface area contributed by atoms with Crippen LogP contribution in [0.25, 0.3) is 0 Å². The van der Waals surface area contributed by atoms with Crippen LogP contribution in [0.15, 0.2) is 18.2 Å². The van der Waals surface area contributed by atoms with Gasteiger partial charge in [-0.3, -0.25) is 4.79 Å². The van der Waals surface area contributed by atoms with E-state index in [0.717, 1.165) is 31.7 Å². The van der Waals surface area contributed by atoms with Crippen molar-refractivity contribution in [3.05, 3.63) is 35.4 Å². The molecule has 2 N–H and O–H groups in total. The van der Waals surface area contributed by atoms with Gasteiger partial charge in [0.05, 0.1) is 6.42 Å². The molecule has 0 spiro atoms. The van der Waals surface area contributed by atoms with Gasteiger partial charge in [-0.25, -0.2) is 8.78 Å². The van der Waals surface area contributed by atoms with E-state index in [-0.39, 0.29) is 23.9 Å². The number of hydrogen-bond donors (Lipinski definition) is 1. The van der Waals surface area contributed by atoms with Crippen molar-refractivity contribution in [3.8, 4) is 0 Å². The SMILES string of the molecule is NCC1CCCCCN1C(=O)Cc1cccc(F)c1F. The first kappa shape index (κ1) is 14.9. The zero-order valence-electron chi connectivity index (χ0n) is 11.4. The number of carbonyl (C=O) groups is 1. The Hall–Kier alpha value is -1.49. The van der Waals surface area contributed by atoms with Gasteiger partial charge < -0.3 is 10.6 Å². The molecule has 0 aromatic heterocycles. The Morgan fingerprint density at radius 1 is 1.30 bits per heavy atom. The normalized spacial score (nSPS) is 19.8. The summed E-state index contributed by atoms with van der Waals surface area (Å²) in [6.07, 6.45) is 3.84. The van der Waals surface area contributed by atoms with Crippen LogP contribution >= 0.6 is 0 Å². The van der Waals surface area contributed by atoms with Crippen LogP contribution in [-0.2, 0) is 11.2 Å². The number of rotatable bonds is 3. The summed E-state index contributed by atoms with van der Waals surface area (Å²) in [4.78, 5) is 14.1. The van der Waals surface area contributed by atoms with Gasteiger partial charge in [0.2, 0.25) is 5.91 Å². The van der Waals surface area contributed by atoms with Gasteiger partial charge in [0, 0.05) is 24.7 Å². The molecule has 1 amide bonds. The Kier molecular flexibility index (Phi) is 5.06. The molecule has 1 fully saturated rings. The molecular formula is C15H20F2N2O. The number of nitrogens with two attached hydrogens (primary N) is 1. The number of amides is 1. The first-order valence-corrected chi connectivity index (χ1v) is 7.06. The molecule has 1 aromatic carbocycles. The second kappa shape index (κ2) is 6.79. The number of benzene rings is 1. The van der Waals surface area contributed by atoms with Crippen molar-refractivity contribution in [2.45, 2.75) is 38.1 Å². The summed E-state index contributed by atoms with van der Waals surface area (Å²) in [5.41, 5.74) is 5.83. The zero-order chi connectivity index (χ0) is 14.5. The van der Waals surface area contributed by atoms with Gasteiger partial charge in [0.15, 0.2) is 11.6 Å². The molecule has 1 aromatic rings. The summed E-state index contributed by atoms with van der Waals surface area (Å²) in [6, 6.07) is 3.94. The standard InChI is InChI=1S/C15H20F2N2O/c16-13-7-4-5-11(15(13)17)9-14(20)19-8-3-1-2-6-12(19)10-18/h4-5,7,12H,1-3,6,8-10,18H2. The second-order valence-electron chi connectivity index (χ2n) is 5.22. The minimum atomic E-state index is -0.931. The lowest BCUT2D eigenvalue weighted by atomic mass is 10.1. The Labute approximate surface area is 117 Å². The summed E-state index contributed by atoms with van der Waals surface area (Å²) in [7, 11) is 0. The van der Waals surface area contributed by atoms with Gasteiger partial charge in [-0.1, -0.05) is 25.0 Å². The van der Waals surface area contributed by atoms with Crippen LogP contribution in [0.4, 0.5) is 8.78 Å². The second-order valence-corrected chi connectivity index (χ2v) is 5.22. The van der Waals surface area contributed by atoms with E-state index in [9.17, 15) is 13.6 Å². The lowest BCUT2D eigenvalue weighted by Gasteiger charge is -2.29. The molecule has 0 aliphatic carbocycles. The predicted octanol–water partition coefficient (Wildman–Crippen LogP) is 2.24. The molecule has 0 bridgehead atoms. The molecule has 0 saturated carbocycles. The molecule has 0 radical (unpaired) electrons. The highest BCUT2D eigenvalue weighted by atomic mass is 19.2. The maximum absolute atomic E-state index is 13.6. The van der Waals surface area contributed by atoms with Crippen LogP contribution in [0.5, 0.6) is 0 Å². The smallest absolute Gasteiger partial charge is 0.227 e. The van der Waals surface area contributed by atoms with E-state index in [1.165, 1.54) is 12.1 Å². The number of likely N-dealkylation sites (tertiary alicyclic amines) is 1. The summed E-state index contributed by atoms with van der Waals surface area (Å²) in [5, 5.41) is 0. The molecule has 2 rings (SSSR count). The number of carbonyl (C=O) groups excluding carboxylic acids is 1. The third kappa shape index (κ3) is 3.33. The third-order valence-corrected chi connectivity index (χ3v) is 3.84. The van der Waals surface area contributed by atoms with Crippen molar-refractivity contribution in [1.82, 2.24) is 4.90 Å². The molecule has 1 unspecified atom stereocenters. The van der Waals surface area contributed by atoms with Crippen molar-refractivity contribution >= 4 is 5.91 Å². The molecule has 1 atom stereocenters. The molecule has 3 nitrogen and oxygen atoms in total. The monoisotopic (exact) mass is 282 g/mol. The largest absolute Gasteiger partial charge is 0.338 e. The van der Waals surface area contributed by atoms with Gasteiger partial charge in [0.25, 0.3) is 0 Å². The lowest BCUT2D eigenvalue weighted by molar-refractivity contribution is -0.132. The lowest BCUT2D eigenvalue weighted by Crippen LogP contribution is -2.44. The fourth-order valence-corrected chi connectivity index (χ4v) is 2.70. The molecule has 110 valence electrons. The Morgan fingerprint density at radius 3 is 2.85 bits per heavy atom. The first-order valence-electron chi connectivity index (χ1n) is 7.06. The van der Waals surface area contributed by atoms with E-state index in [1.54, 1.807) is 4.90 Å². The third-order valence-electron chi connectivity index (χ3n) is 3.84. The summed E-state index contributed by atoms with van der Waals surface area (Å²) < 4.78 is 26.8.